The lowest BCUT2D eigenvalue weighted by atomic mass is 10.2. The van der Waals surface area contributed by atoms with E-state index in [-0.39, 0.29) is 5.91 Å². The average Bonchev–Trinajstić information content (AvgIpc) is 2.64. The van der Waals surface area contributed by atoms with Crippen LogP contribution in [0.1, 0.15) is 15.9 Å². The molecular weight excluding hydrogens is 339 g/mol. The molecule has 0 aliphatic rings. The van der Waals surface area contributed by atoms with Crippen molar-refractivity contribution in [1.29, 1.82) is 0 Å². The maximum Gasteiger partial charge on any atom is 0.331 e. The predicted octanol–water partition coefficient (Wildman–Crippen LogP) is 2.38. The van der Waals surface area contributed by atoms with Crippen molar-refractivity contribution in [2.24, 2.45) is 0 Å². The van der Waals surface area contributed by atoms with E-state index >= 15 is 0 Å². The number of ether oxygens (including phenoxy) is 1. The SMILES string of the molecule is CNC(=O)c1cccc(NC(=O)COC(=O)/C=C/c2cccc(F)c2)c1. The van der Waals surface area contributed by atoms with Gasteiger partial charge in [0.1, 0.15) is 5.82 Å². The zero-order chi connectivity index (χ0) is 18.9. The quantitative estimate of drug-likeness (QED) is 0.615. The van der Waals surface area contributed by atoms with Crippen LogP contribution in [0.3, 0.4) is 0 Å². The van der Waals surface area contributed by atoms with Crippen molar-refractivity contribution in [2.75, 3.05) is 19.0 Å². The van der Waals surface area contributed by atoms with Crippen LogP contribution in [0.5, 0.6) is 0 Å². The van der Waals surface area contributed by atoms with E-state index in [2.05, 4.69) is 10.6 Å². The highest BCUT2D eigenvalue weighted by molar-refractivity contribution is 5.98. The first kappa shape index (κ1) is 18.9. The van der Waals surface area contributed by atoms with Crippen LogP contribution in [0.4, 0.5) is 10.1 Å². The van der Waals surface area contributed by atoms with Crippen LogP contribution in [0, 0.1) is 5.82 Å². The highest BCUT2D eigenvalue weighted by atomic mass is 19.1. The molecule has 0 aromatic heterocycles. The summed E-state index contributed by atoms with van der Waals surface area (Å²) < 4.78 is 17.8. The van der Waals surface area contributed by atoms with Crippen LogP contribution < -0.4 is 10.6 Å². The third-order valence-corrected chi connectivity index (χ3v) is 3.24. The summed E-state index contributed by atoms with van der Waals surface area (Å²) in [5, 5.41) is 5.01. The number of hydrogen-bond acceptors (Lipinski definition) is 4. The summed E-state index contributed by atoms with van der Waals surface area (Å²) >= 11 is 0. The zero-order valence-electron chi connectivity index (χ0n) is 14.0. The van der Waals surface area contributed by atoms with E-state index in [0.29, 0.717) is 16.8 Å². The van der Waals surface area contributed by atoms with Gasteiger partial charge in [0.25, 0.3) is 11.8 Å². The number of hydrogen-bond donors (Lipinski definition) is 2. The lowest BCUT2D eigenvalue weighted by Gasteiger charge is -2.07. The molecular formula is C19H17FN2O4. The van der Waals surface area contributed by atoms with Crippen LogP contribution in [-0.4, -0.2) is 31.4 Å². The van der Waals surface area contributed by atoms with E-state index in [9.17, 15) is 18.8 Å². The van der Waals surface area contributed by atoms with Crippen molar-refractivity contribution in [3.8, 4) is 0 Å². The lowest BCUT2D eigenvalue weighted by Crippen LogP contribution is -2.21. The maximum atomic E-state index is 13.0. The molecule has 0 saturated carbocycles. The summed E-state index contributed by atoms with van der Waals surface area (Å²) in [4.78, 5) is 35.0. The monoisotopic (exact) mass is 356 g/mol. The van der Waals surface area contributed by atoms with E-state index in [1.165, 1.54) is 37.4 Å². The summed E-state index contributed by atoms with van der Waals surface area (Å²) in [5.74, 6) is -1.98. The van der Waals surface area contributed by atoms with Crippen molar-refractivity contribution in [2.45, 2.75) is 0 Å². The van der Waals surface area contributed by atoms with Gasteiger partial charge in [-0.15, -0.1) is 0 Å². The molecule has 2 rings (SSSR count). The number of halogens is 1. The Morgan fingerprint density at radius 3 is 2.62 bits per heavy atom. The Morgan fingerprint density at radius 1 is 1.12 bits per heavy atom. The summed E-state index contributed by atoms with van der Waals surface area (Å²) in [6.45, 7) is -0.490. The van der Waals surface area contributed by atoms with Crippen LogP contribution in [-0.2, 0) is 14.3 Å². The van der Waals surface area contributed by atoms with Crippen LogP contribution in [0.25, 0.3) is 6.08 Å². The van der Waals surface area contributed by atoms with E-state index in [1.807, 2.05) is 0 Å². The number of anilines is 1. The molecule has 26 heavy (non-hydrogen) atoms. The highest BCUT2D eigenvalue weighted by Crippen LogP contribution is 2.10. The van der Waals surface area contributed by atoms with Gasteiger partial charge >= 0.3 is 5.97 Å². The van der Waals surface area contributed by atoms with E-state index in [4.69, 9.17) is 4.74 Å². The lowest BCUT2D eigenvalue weighted by molar-refractivity contribution is -0.142. The number of rotatable bonds is 6. The third kappa shape index (κ3) is 5.86. The number of nitrogens with one attached hydrogen (secondary N) is 2. The minimum absolute atomic E-state index is 0.282. The Labute approximate surface area is 149 Å². The zero-order valence-corrected chi connectivity index (χ0v) is 14.0. The van der Waals surface area contributed by atoms with Gasteiger partial charge in [0.05, 0.1) is 0 Å². The number of esters is 1. The molecule has 6 nitrogen and oxygen atoms in total. The van der Waals surface area contributed by atoms with Gasteiger partial charge in [0, 0.05) is 24.4 Å². The minimum Gasteiger partial charge on any atom is -0.452 e. The van der Waals surface area contributed by atoms with Crippen molar-refractivity contribution >= 4 is 29.5 Å². The second kappa shape index (κ2) is 9.12. The number of benzene rings is 2. The van der Waals surface area contributed by atoms with E-state index < -0.39 is 24.3 Å². The number of amides is 2. The van der Waals surface area contributed by atoms with Gasteiger partial charge in [0.15, 0.2) is 6.61 Å². The van der Waals surface area contributed by atoms with E-state index in [1.54, 1.807) is 24.3 Å². The number of carbonyl (C=O) groups excluding carboxylic acids is 3. The molecule has 2 N–H and O–H groups in total. The van der Waals surface area contributed by atoms with Crippen LogP contribution in [0.15, 0.2) is 54.6 Å². The smallest absolute Gasteiger partial charge is 0.331 e. The molecule has 0 fully saturated rings. The minimum atomic E-state index is -0.733. The summed E-state index contributed by atoms with van der Waals surface area (Å²) in [6, 6.07) is 12.0. The molecule has 2 aromatic rings. The fourth-order valence-electron chi connectivity index (χ4n) is 2.04. The van der Waals surface area contributed by atoms with Gasteiger partial charge in [0.2, 0.25) is 0 Å². The van der Waals surface area contributed by atoms with E-state index in [0.717, 1.165) is 6.08 Å². The van der Waals surface area contributed by atoms with Gasteiger partial charge < -0.3 is 15.4 Å². The molecule has 0 aliphatic heterocycles. The first-order valence-electron chi connectivity index (χ1n) is 7.70. The highest BCUT2D eigenvalue weighted by Gasteiger charge is 2.08. The normalized spacial score (nSPS) is 10.4. The predicted molar refractivity (Wildman–Crippen MR) is 94.9 cm³/mol. The average molecular weight is 356 g/mol. The second-order valence-electron chi connectivity index (χ2n) is 5.20. The summed E-state index contributed by atoms with van der Waals surface area (Å²) in [6.07, 6.45) is 2.49. The molecule has 0 heterocycles. The Hall–Kier alpha value is -3.48. The second-order valence-corrected chi connectivity index (χ2v) is 5.20. The van der Waals surface area contributed by atoms with Gasteiger partial charge in [-0.1, -0.05) is 18.2 Å². The molecule has 0 aliphatic carbocycles. The molecule has 134 valence electrons. The van der Waals surface area contributed by atoms with Crippen molar-refractivity contribution in [3.05, 3.63) is 71.6 Å². The Kier molecular flexibility index (Phi) is 6.61. The molecule has 2 amide bonds. The van der Waals surface area contributed by atoms with Gasteiger partial charge in [-0.05, 0) is 42.0 Å². The third-order valence-electron chi connectivity index (χ3n) is 3.24. The molecule has 0 spiro atoms. The molecule has 0 atom stereocenters. The summed E-state index contributed by atoms with van der Waals surface area (Å²) in [5.41, 5.74) is 1.29. The Bertz CT molecular complexity index is 849. The fraction of sp³-hybridized carbons (Fsp3) is 0.105. The largest absolute Gasteiger partial charge is 0.452 e. The molecule has 0 saturated heterocycles. The van der Waals surface area contributed by atoms with Gasteiger partial charge in [-0.3, -0.25) is 9.59 Å². The summed E-state index contributed by atoms with van der Waals surface area (Å²) in [7, 11) is 1.50. The molecule has 0 unspecified atom stereocenters. The first-order chi connectivity index (χ1) is 12.5. The van der Waals surface area contributed by atoms with Crippen molar-refractivity contribution in [3.63, 3.8) is 0 Å². The topological polar surface area (TPSA) is 84.5 Å². The maximum absolute atomic E-state index is 13.0. The fourth-order valence-corrected chi connectivity index (χ4v) is 2.04. The Balaban J connectivity index is 1.85. The number of carbonyl (C=O) groups is 3. The molecule has 2 aromatic carbocycles. The van der Waals surface area contributed by atoms with Gasteiger partial charge in [-0.25, -0.2) is 9.18 Å². The van der Waals surface area contributed by atoms with Gasteiger partial charge in [-0.2, -0.15) is 0 Å². The molecule has 7 heteroatoms. The van der Waals surface area contributed by atoms with Crippen LogP contribution >= 0.6 is 0 Å². The standard InChI is InChI=1S/C19H17FN2O4/c1-21-19(25)14-5-3-7-16(11-14)22-17(23)12-26-18(24)9-8-13-4-2-6-15(20)10-13/h2-11H,12H2,1H3,(H,21,25)(H,22,23)/b9-8+. The van der Waals surface area contributed by atoms with Crippen molar-refractivity contribution in [1.82, 2.24) is 5.32 Å². The first-order valence-corrected chi connectivity index (χ1v) is 7.70. The molecule has 0 radical (unpaired) electrons. The Morgan fingerprint density at radius 2 is 1.88 bits per heavy atom. The van der Waals surface area contributed by atoms with Crippen LogP contribution in [0.2, 0.25) is 0 Å². The van der Waals surface area contributed by atoms with Crippen molar-refractivity contribution < 1.29 is 23.5 Å². The molecule has 0 bridgehead atoms.